The minimum absolute atomic E-state index is 0.0870. The van der Waals surface area contributed by atoms with Gasteiger partial charge >= 0.3 is 0 Å². The summed E-state index contributed by atoms with van der Waals surface area (Å²) in [6, 6.07) is 12.9. The number of aryl methyl sites for hydroxylation is 3. The molecule has 1 amide bonds. The van der Waals surface area contributed by atoms with E-state index >= 15 is 0 Å². The molecule has 1 N–H and O–H groups in total. The highest BCUT2D eigenvalue weighted by Crippen LogP contribution is 2.20. The summed E-state index contributed by atoms with van der Waals surface area (Å²) in [6.45, 7) is 7.94. The second kappa shape index (κ2) is 8.43. The normalized spacial score (nSPS) is 16.1. The molecular weight excluding hydrogens is 374 g/mol. The Hall–Kier alpha value is -2.22. The van der Waals surface area contributed by atoms with E-state index in [0.29, 0.717) is 31.1 Å². The molecule has 6 nitrogen and oxygen atoms in total. The summed E-state index contributed by atoms with van der Waals surface area (Å²) in [6.07, 6.45) is 0. The van der Waals surface area contributed by atoms with Gasteiger partial charge in [-0.15, -0.1) is 0 Å². The van der Waals surface area contributed by atoms with Gasteiger partial charge in [0, 0.05) is 31.9 Å². The number of rotatable bonds is 5. The molecule has 2 aromatic rings. The quantitative estimate of drug-likeness (QED) is 0.836. The Morgan fingerprint density at radius 3 is 2.32 bits per heavy atom. The maximum atomic E-state index is 12.9. The van der Waals surface area contributed by atoms with Crippen LogP contribution in [0.25, 0.3) is 0 Å². The molecule has 1 fully saturated rings. The third kappa shape index (κ3) is 4.79. The van der Waals surface area contributed by atoms with Crippen LogP contribution in [0, 0.1) is 20.8 Å². The van der Waals surface area contributed by atoms with Gasteiger partial charge in [-0.25, -0.2) is 8.42 Å². The van der Waals surface area contributed by atoms with Crippen molar-refractivity contribution in [2.24, 2.45) is 0 Å². The lowest BCUT2D eigenvalue weighted by Crippen LogP contribution is -2.50. The molecule has 0 spiro atoms. The summed E-state index contributed by atoms with van der Waals surface area (Å²) in [5.41, 5.74) is 3.90. The van der Waals surface area contributed by atoms with Crippen molar-refractivity contribution < 1.29 is 13.2 Å². The van der Waals surface area contributed by atoms with Gasteiger partial charge in [-0.2, -0.15) is 4.31 Å². The predicted octanol–water partition coefficient (Wildman–Crippen LogP) is 2.56. The molecule has 7 heteroatoms. The Balaban J connectivity index is 1.56. The number of hydrogen-bond acceptors (Lipinski definition) is 4. The maximum absolute atomic E-state index is 12.9. The summed E-state index contributed by atoms with van der Waals surface area (Å²) in [4.78, 5) is 14.6. The first-order valence-electron chi connectivity index (χ1n) is 9.42. The average molecular weight is 402 g/mol. The second-order valence-corrected chi connectivity index (χ2v) is 9.28. The molecular formula is C21H27N3O3S. The fourth-order valence-corrected chi connectivity index (χ4v) is 4.79. The SMILES string of the molecule is Cc1cccc(NC(=O)CN2CCN(S(=O)(=O)c3ccc(C)c(C)c3)CC2)c1. The molecule has 0 aliphatic carbocycles. The molecule has 1 aliphatic heterocycles. The van der Waals surface area contributed by atoms with Crippen molar-refractivity contribution in [1.29, 1.82) is 0 Å². The number of anilines is 1. The van der Waals surface area contributed by atoms with Crippen molar-refractivity contribution in [2.45, 2.75) is 25.7 Å². The number of nitrogens with one attached hydrogen (secondary N) is 1. The van der Waals surface area contributed by atoms with Crippen molar-refractivity contribution in [2.75, 3.05) is 38.0 Å². The van der Waals surface area contributed by atoms with Crippen LogP contribution in [0.4, 0.5) is 5.69 Å². The van der Waals surface area contributed by atoms with Crippen LogP contribution in [0.3, 0.4) is 0 Å². The number of benzene rings is 2. The van der Waals surface area contributed by atoms with Crippen molar-refractivity contribution in [3.63, 3.8) is 0 Å². The molecule has 0 saturated carbocycles. The Kier molecular flexibility index (Phi) is 6.17. The first-order valence-corrected chi connectivity index (χ1v) is 10.9. The second-order valence-electron chi connectivity index (χ2n) is 7.34. The molecule has 150 valence electrons. The van der Waals surface area contributed by atoms with Crippen molar-refractivity contribution >= 4 is 21.6 Å². The molecule has 1 aliphatic rings. The van der Waals surface area contributed by atoms with E-state index in [1.54, 1.807) is 12.1 Å². The van der Waals surface area contributed by atoms with E-state index in [9.17, 15) is 13.2 Å². The van der Waals surface area contributed by atoms with E-state index < -0.39 is 10.0 Å². The Bertz CT molecular complexity index is 965. The number of sulfonamides is 1. The number of amides is 1. The number of hydrogen-bond donors (Lipinski definition) is 1. The summed E-state index contributed by atoms with van der Waals surface area (Å²) in [5, 5.41) is 2.90. The van der Waals surface area contributed by atoms with E-state index in [2.05, 4.69) is 5.32 Å². The third-order valence-corrected chi connectivity index (χ3v) is 7.01. The zero-order valence-electron chi connectivity index (χ0n) is 16.6. The fourth-order valence-electron chi connectivity index (χ4n) is 3.28. The lowest BCUT2D eigenvalue weighted by molar-refractivity contribution is -0.117. The summed E-state index contributed by atoms with van der Waals surface area (Å²) in [7, 11) is -3.50. The van der Waals surface area contributed by atoms with Crippen molar-refractivity contribution in [3.8, 4) is 0 Å². The van der Waals surface area contributed by atoms with E-state index in [-0.39, 0.29) is 12.5 Å². The van der Waals surface area contributed by atoms with Gasteiger partial charge in [-0.3, -0.25) is 9.69 Å². The van der Waals surface area contributed by atoms with Crippen molar-refractivity contribution in [1.82, 2.24) is 9.21 Å². The number of carbonyl (C=O) groups is 1. The lowest BCUT2D eigenvalue weighted by atomic mass is 10.1. The highest BCUT2D eigenvalue weighted by atomic mass is 32.2. The first kappa shape index (κ1) is 20.5. The van der Waals surface area contributed by atoms with Gasteiger partial charge in [-0.1, -0.05) is 18.2 Å². The highest BCUT2D eigenvalue weighted by molar-refractivity contribution is 7.89. The molecule has 1 heterocycles. The largest absolute Gasteiger partial charge is 0.325 e. The first-order chi connectivity index (χ1) is 13.3. The van der Waals surface area contributed by atoms with E-state index in [0.717, 1.165) is 22.4 Å². The molecule has 0 unspecified atom stereocenters. The lowest BCUT2D eigenvalue weighted by Gasteiger charge is -2.33. The third-order valence-electron chi connectivity index (χ3n) is 5.12. The Morgan fingerprint density at radius 2 is 1.68 bits per heavy atom. The molecule has 0 atom stereocenters. The maximum Gasteiger partial charge on any atom is 0.243 e. The average Bonchev–Trinajstić information content (AvgIpc) is 2.64. The zero-order chi connectivity index (χ0) is 20.3. The van der Waals surface area contributed by atoms with Crippen LogP contribution >= 0.6 is 0 Å². The monoisotopic (exact) mass is 401 g/mol. The summed E-state index contributed by atoms with van der Waals surface area (Å²) >= 11 is 0. The summed E-state index contributed by atoms with van der Waals surface area (Å²) < 4.78 is 27.3. The van der Waals surface area contributed by atoms with E-state index in [1.165, 1.54) is 4.31 Å². The predicted molar refractivity (Wildman–Crippen MR) is 111 cm³/mol. The van der Waals surface area contributed by atoms with Gasteiger partial charge in [0.25, 0.3) is 0 Å². The van der Waals surface area contributed by atoms with E-state index in [4.69, 9.17) is 0 Å². The Labute approximate surface area is 167 Å². The summed E-state index contributed by atoms with van der Waals surface area (Å²) in [5.74, 6) is -0.0870. The molecule has 2 aromatic carbocycles. The molecule has 0 bridgehead atoms. The zero-order valence-corrected chi connectivity index (χ0v) is 17.4. The van der Waals surface area contributed by atoms with Crippen LogP contribution < -0.4 is 5.32 Å². The van der Waals surface area contributed by atoms with Crippen LogP contribution in [0.5, 0.6) is 0 Å². The van der Waals surface area contributed by atoms with Gasteiger partial charge < -0.3 is 5.32 Å². The van der Waals surface area contributed by atoms with Gasteiger partial charge in [0.1, 0.15) is 0 Å². The van der Waals surface area contributed by atoms with Crippen LogP contribution in [-0.4, -0.2) is 56.3 Å². The number of nitrogens with zero attached hydrogens (tertiary/aromatic N) is 2. The standard InChI is InChI=1S/C21H27N3O3S/c1-16-5-4-6-19(13-16)22-21(25)15-23-9-11-24(12-10-23)28(26,27)20-8-7-17(2)18(3)14-20/h4-8,13-14H,9-12,15H2,1-3H3,(H,22,25). The van der Waals surface area contributed by atoms with Crippen molar-refractivity contribution in [3.05, 3.63) is 59.2 Å². The fraction of sp³-hybridized carbons (Fsp3) is 0.381. The molecule has 0 radical (unpaired) electrons. The van der Waals surface area contributed by atoms with Crippen LogP contribution in [0.1, 0.15) is 16.7 Å². The van der Waals surface area contributed by atoms with Gasteiger partial charge in [0.15, 0.2) is 0 Å². The molecule has 28 heavy (non-hydrogen) atoms. The smallest absolute Gasteiger partial charge is 0.243 e. The van der Waals surface area contributed by atoms with Gasteiger partial charge in [-0.05, 0) is 61.7 Å². The molecule has 3 rings (SSSR count). The van der Waals surface area contributed by atoms with Crippen LogP contribution in [0.15, 0.2) is 47.4 Å². The number of carbonyl (C=O) groups excluding carboxylic acids is 1. The van der Waals surface area contributed by atoms with Crippen LogP contribution in [0.2, 0.25) is 0 Å². The number of piperazine rings is 1. The Morgan fingerprint density at radius 1 is 0.964 bits per heavy atom. The van der Waals surface area contributed by atoms with Gasteiger partial charge in [0.05, 0.1) is 11.4 Å². The molecule has 1 saturated heterocycles. The van der Waals surface area contributed by atoms with Crippen LogP contribution in [-0.2, 0) is 14.8 Å². The minimum Gasteiger partial charge on any atom is -0.325 e. The highest BCUT2D eigenvalue weighted by Gasteiger charge is 2.29. The molecule has 0 aromatic heterocycles. The van der Waals surface area contributed by atoms with E-state index in [1.807, 2.05) is 56.0 Å². The minimum atomic E-state index is -3.50. The van der Waals surface area contributed by atoms with Gasteiger partial charge in [0.2, 0.25) is 15.9 Å². The topological polar surface area (TPSA) is 69.7 Å².